The third kappa shape index (κ3) is 3.30. The Labute approximate surface area is 157 Å². The van der Waals surface area contributed by atoms with Gasteiger partial charge >= 0.3 is 0 Å². The monoisotopic (exact) mass is 363 g/mol. The average Bonchev–Trinajstić information content (AvgIpc) is 3.35. The van der Waals surface area contributed by atoms with Crippen LogP contribution in [0.25, 0.3) is 11.3 Å². The van der Waals surface area contributed by atoms with Crippen molar-refractivity contribution in [3.63, 3.8) is 0 Å². The zero-order valence-electron chi connectivity index (χ0n) is 15.2. The number of likely N-dealkylation sites (tertiary alicyclic amines) is 1. The minimum atomic E-state index is -0.207. The maximum atomic E-state index is 13.1. The number of piperidine rings is 1. The van der Waals surface area contributed by atoms with Gasteiger partial charge in [-0.25, -0.2) is 0 Å². The van der Waals surface area contributed by atoms with Crippen LogP contribution in [0.15, 0.2) is 47.1 Å². The Morgan fingerprint density at radius 2 is 1.85 bits per heavy atom. The number of rotatable bonds is 4. The van der Waals surface area contributed by atoms with Gasteiger partial charge in [0.25, 0.3) is 5.91 Å². The van der Waals surface area contributed by atoms with E-state index < -0.39 is 0 Å². The second kappa shape index (κ2) is 7.23. The van der Waals surface area contributed by atoms with E-state index in [1.807, 2.05) is 35.2 Å². The lowest BCUT2D eigenvalue weighted by Gasteiger charge is -2.26. The molecule has 27 heavy (non-hydrogen) atoms. The minimum Gasteiger partial charge on any atom is -0.360 e. The molecule has 1 aromatic carbocycles. The Morgan fingerprint density at radius 1 is 1.11 bits per heavy atom. The molecule has 0 bridgehead atoms. The van der Waals surface area contributed by atoms with Crippen molar-refractivity contribution >= 4 is 11.7 Å². The molecule has 138 valence electrons. The van der Waals surface area contributed by atoms with Crippen LogP contribution >= 0.6 is 0 Å². The van der Waals surface area contributed by atoms with E-state index in [4.69, 9.17) is 4.52 Å². The second-order valence-corrected chi connectivity index (χ2v) is 6.81. The summed E-state index contributed by atoms with van der Waals surface area (Å²) in [4.78, 5) is 30.5. The molecule has 0 aliphatic carbocycles. The summed E-state index contributed by atoms with van der Waals surface area (Å²) >= 11 is 0. The van der Waals surface area contributed by atoms with E-state index in [2.05, 4.69) is 10.1 Å². The first-order valence-corrected chi connectivity index (χ1v) is 9.19. The number of nitrogens with zero attached hydrogens (tertiary/aromatic N) is 2. The molecule has 1 amide bonds. The average molecular weight is 363 g/mol. The van der Waals surface area contributed by atoms with Crippen LogP contribution in [0.1, 0.15) is 51.4 Å². The van der Waals surface area contributed by atoms with Gasteiger partial charge in [-0.2, -0.15) is 0 Å². The lowest BCUT2D eigenvalue weighted by molar-refractivity contribution is 0.0719. The number of hydrogen-bond acceptors (Lipinski definition) is 4. The van der Waals surface area contributed by atoms with Crippen molar-refractivity contribution in [3.8, 4) is 11.3 Å². The molecular formula is C21H21N3O3. The summed E-state index contributed by atoms with van der Waals surface area (Å²) in [7, 11) is 0. The molecule has 0 unspecified atom stereocenters. The second-order valence-electron chi connectivity index (χ2n) is 6.81. The van der Waals surface area contributed by atoms with E-state index in [1.54, 1.807) is 19.2 Å². The van der Waals surface area contributed by atoms with Crippen LogP contribution in [0.4, 0.5) is 0 Å². The first-order chi connectivity index (χ1) is 13.1. The fraction of sp³-hybridized carbons (Fsp3) is 0.286. The standard InChI is InChI=1S/C21H21N3O3/c1-14-18(19(23-27-14)15-8-4-2-5-9-15)20(25)16-12-17(22-13-16)21(26)24-10-6-3-7-11-24/h2,4-5,8-9,12-13,22H,3,6-7,10-11H2,1H3. The smallest absolute Gasteiger partial charge is 0.270 e. The number of aryl methyl sites for hydroxylation is 1. The van der Waals surface area contributed by atoms with Gasteiger partial charge in [0.2, 0.25) is 0 Å². The molecule has 1 saturated heterocycles. The summed E-state index contributed by atoms with van der Waals surface area (Å²) in [6.07, 6.45) is 4.80. The van der Waals surface area contributed by atoms with E-state index >= 15 is 0 Å². The molecule has 0 spiro atoms. The Balaban J connectivity index is 1.62. The molecule has 1 fully saturated rings. The number of aromatic amines is 1. The van der Waals surface area contributed by atoms with E-state index in [0.29, 0.717) is 28.3 Å². The molecule has 4 rings (SSSR count). The topological polar surface area (TPSA) is 79.2 Å². The highest BCUT2D eigenvalue weighted by Crippen LogP contribution is 2.27. The lowest BCUT2D eigenvalue weighted by Crippen LogP contribution is -2.35. The molecule has 3 heterocycles. The maximum Gasteiger partial charge on any atom is 0.270 e. The number of amides is 1. The van der Waals surface area contributed by atoms with Crippen LogP contribution in [-0.2, 0) is 0 Å². The Hall–Kier alpha value is -3.15. The minimum absolute atomic E-state index is 0.0564. The van der Waals surface area contributed by atoms with Gasteiger partial charge in [-0.1, -0.05) is 35.5 Å². The first-order valence-electron chi connectivity index (χ1n) is 9.19. The van der Waals surface area contributed by atoms with Gasteiger partial charge in [0.05, 0.1) is 5.56 Å². The number of aromatic nitrogens is 2. The number of hydrogen-bond donors (Lipinski definition) is 1. The zero-order valence-corrected chi connectivity index (χ0v) is 15.2. The summed E-state index contributed by atoms with van der Waals surface area (Å²) < 4.78 is 5.29. The SMILES string of the molecule is Cc1onc(-c2ccccc2)c1C(=O)c1c[nH]c(C(=O)N2CCCCC2)c1. The van der Waals surface area contributed by atoms with Gasteiger partial charge in [0.1, 0.15) is 17.1 Å². The fourth-order valence-electron chi connectivity index (χ4n) is 3.49. The highest BCUT2D eigenvalue weighted by Gasteiger charge is 2.25. The molecule has 6 nitrogen and oxygen atoms in total. The summed E-state index contributed by atoms with van der Waals surface area (Å²) in [5, 5.41) is 4.07. The number of H-pyrrole nitrogens is 1. The quantitative estimate of drug-likeness (QED) is 0.715. The van der Waals surface area contributed by atoms with Gasteiger partial charge in [-0.3, -0.25) is 9.59 Å². The summed E-state index contributed by atoms with van der Waals surface area (Å²) in [5.74, 6) is 0.199. The number of carbonyl (C=O) groups excluding carboxylic acids is 2. The van der Waals surface area contributed by atoms with Gasteiger partial charge in [0.15, 0.2) is 5.78 Å². The molecular weight excluding hydrogens is 342 g/mol. The van der Waals surface area contributed by atoms with Crippen molar-refractivity contribution in [2.45, 2.75) is 26.2 Å². The van der Waals surface area contributed by atoms with Gasteiger partial charge in [-0.05, 0) is 32.3 Å². The van der Waals surface area contributed by atoms with Crippen molar-refractivity contribution in [2.24, 2.45) is 0 Å². The highest BCUT2D eigenvalue weighted by molar-refractivity contribution is 6.13. The van der Waals surface area contributed by atoms with E-state index in [1.165, 1.54) is 0 Å². The molecule has 0 saturated carbocycles. The van der Waals surface area contributed by atoms with E-state index in [9.17, 15) is 9.59 Å². The Bertz CT molecular complexity index is 966. The third-order valence-corrected chi connectivity index (χ3v) is 4.96. The van der Waals surface area contributed by atoms with Crippen LogP contribution in [-0.4, -0.2) is 39.8 Å². The van der Waals surface area contributed by atoms with Crippen molar-refractivity contribution in [1.29, 1.82) is 0 Å². The summed E-state index contributed by atoms with van der Waals surface area (Å²) in [6, 6.07) is 11.1. The van der Waals surface area contributed by atoms with Crippen molar-refractivity contribution in [2.75, 3.05) is 13.1 Å². The predicted molar refractivity (Wildman–Crippen MR) is 101 cm³/mol. The number of ketones is 1. The lowest BCUT2D eigenvalue weighted by atomic mass is 9.99. The van der Waals surface area contributed by atoms with Gasteiger partial charge < -0.3 is 14.4 Å². The Morgan fingerprint density at radius 3 is 2.59 bits per heavy atom. The van der Waals surface area contributed by atoms with E-state index in [0.717, 1.165) is 37.9 Å². The van der Waals surface area contributed by atoms with Crippen molar-refractivity contribution < 1.29 is 14.1 Å². The Kier molecular flexibility index (Phi) is 4.62. The van der Waals surface area contributed by atoms with Crippen molar-refractivity contribution in [1.82, 2.24) is 15.0 Å². The number of carbonyl (C=O) groups is 2. The van der Waals surface area contributed by atoms with Crippen LogP contribution in [0, 0.1) is 6.92 Å². The zero-order chi connectivity index (χ0) is 18.8. The molecule has 1 aliphatic rings. The third-order valence-electron chi connectivity index (χ3n) is 4.96. The molecule has 1 aliphatic heterocycles. The molecule has 0 radical (unpaired) electrons. The van der Waals surface area contributed by atoms with E-state index in [-0.39, 0.29) is 11.7 Å². The number of benzene rings is 1. The number of nitrogens with one attached hydrogen (secondary N) is 1. The normalized spacial score (nSPS) is 14.3. The molecule has 0 atom stereocenters. The maximum absolute atomic E-state index is 13.1. The summed E-state index contributed by atoms with van der Waals surface area (Å²) in [6.45, 7) is 3.26. The largest absolute Gasteiger partial charge is 0.360 e. The predicted octanol–water partition coefficient (Wildman–Crippen LogP) is 3.84. The molecule has 2 aromatic heterocycles. The van der Waals surface area contributed by atoms with Crippen molar-refractivity contribution in [3.05, 3.63) is 65.2 Å². The molecule has 1 N–H and O–H groups in total. The van der Waals surface area contributed by atoms with Crippen LogP contribution in [0.3, 0.4) is 0 Å². The van der Waals surface area contributed by atoms with Crippen LogP contribution < -0.4 is 0 Å². The van der Waals surface area contributed by atoms with Crippen LogP contribution in [0.5, 0.6) is 0 Å². The van der Waals surface area contributed by atoms with Crippen LogP contribution in [0.2, 0.25) is 0 Å². The molecule has 6 heteroatoms. The fourth-order valence-corrected chi connectivity index (χ4v) is 3.49. The molecule has 3 aromatic rings. The first kappa shape index (κ1) is 17.3. The van der Waals surface area contributed by atoms with Gasteiger partial charge in [0, 0.05) is 30.4 Å². The summed E-state index contributed by atoms with van der Waals surface area (Å²) in [5.41, 5.74) is 2.63. The van der Waals surface area contributed by atoms with Gasteiger partial charge in [-0.15, -0.1) is 0 Å². The highest BCUT2D eigenvalue weighted by atomic mass is 16.5.